The SMILES string of the molecule is Cc1ccc(C)c(OCC(=O)N(CCC(N)=O)CCc2ccccc2)c1. The third-order valence-electron chi connectivity index (χ3n) is 4.19. The number of benzene rings is 2. The molecule has 0 radical (unpaired) electrons. The van der Waals surface area contributed by atoms with E-state index in [2.05, 4.69) is 0 Å². The van der Waals surface area contributed by atoms with Crippen LogP contribution in [0.15, 0.2) is 48.5 Å². The lowest BCUT2D eigenvalue weighted by atomic mass is 10.1. The summed E-state index contributed by atoms with van der Waals surface area (Å²) in [6.45, 7) is 4.69. The molecule has 0 aliphatic rings. The normalized spacial score (nSPS) is 10.4. The Labute approximate surface area is 154 Å². The molecule has 2 amide bonds. The van der Waals surface area contributed by atoms with Crippen molar-refractivity contribution in [3.63, 3.8) is 0 Å². The number of nitrogens with two attached hydrogens (primary N) is 1. The van der Waals surface area contributed by atoms with Gasteiger partial charge in [0.25, 0.3) is 5.91 Å². The summed E-state index contributed by atoms with van der Waals surface area (Å²) in [5.74, 6) is 0.136. The van der Waals surface area contributed by atoms with Crippen molar-refractivity contribution < 1.29 is 14.3 Å². The predicted molar refractivity (Wildman–Crippen MR) is 102 cm³/mol. The molecule has 0 bridgehead atoms. The van der Waals surface area contributed by atoms with Gasteiger partial charge in [0.05, 0.1) is 0 Å². The first kappa shape index (κ1) is 19.5. The Balaban J connectivity index is 1.97. The van der Waals surface area contributed by atoms with Gasteiger partial charge in [-0.3, -0.25) is 9.59 Å². The summed E-state index contributed by atoms with van der Waals surface area (Å²) in [4.78, 5) is 25.4. The van der Waals surface area contributed by atoms with E-state index >= 15 is 0 Å². The fourth-order valence-corrected chi connectivity index (χ4v) is 2.61. The molecule has 0 saturated heterocycles. The number of amides is 2. The van der Waals surface area contributed by atoms with Crippen molar-refractivity contribution >= 4 is 11.8 Å². The van der Waals surface area contributed by atoms with Gasteiger partial charge in [-0.25, -0.2) is 0 Å². The van der Waals surface area contributed by atoms with Crippen LogP contribution in [-0.2, 0) is 16.0 Å². The van der Waals surface area contributed by atoms with Crippen molar-refractivity contribution in [2.24, 2.45) is 5.73 Å². The second kappa shape index (κ2) is 9.61. The number of primary amides is 1. The quantitative estimate of drug-likeness (QED) is 0.752. The Morgan fingerprint density at radius 1 is 1.04 bits per heavy atom. The highest BCUT2D eigenvalue weighted by molar-refractivity contribution is 5.79. The molecule has 5 heteroatoms. The molecule has 0 saturated carbocycles. The van der Waals surface area contributed by atoms with Crippen LogP contribution in [0.3, 0.4) is 0 Å². The highest BCUT2D eigenvalue weighted by atomic mass is 16.5. The van der Waals surface area contributed by atoms with E-state index in [9.17, 15) is 9.59 Å². The van der Waals surface area contributed by atoms with E-state index in [1.807, 2.05) is 62.4 Å². The van der Waals surface area contributed by atoms with E-state index in [1.54, 1.807) is 4.90 Å². The zero-order chi connectivity index (χ0) is 18.9. The monoisotopic (exact) mass is 354 g/mol. The molecule has 0 spiro atoms. The van der Waals surface area contributed by atoms with Crippen LogP contribution in [0.4, 0.5) is 0 Å². The summed E-state index contributed by atoms with van der Waals surface area (Å²) >= 11 is 0. The number of aryl methyl sites for hydroxylation is 2. The van der Waals surface area contributed by atoms with Crippen molar-refractivity contribution in [2.45, 2.75) is 26.7 Å². The summed E-state index contributed by atoms with van der Waals surface area (Å²) in [5, 5.41) is 0. The number of carbonyl (C=O) groups excluding carboxylic acids is 2. The minimum atomic E-state index is -0.419. The Hall–Kier alpha value is -2.82. The molecule has 0 aliphatic carbocycles. The second-order valence-electron chi connectivity index (χ2n) is 6.39. The van der Waals surface area contributed by atoms with Crippen LogP contribution in [0.2, 0.25) is 0 Å². The summed E-state index contributed by atoms with van der Waals surface area (Å²) in [6.07, 6.45) is 0.860. The first-order chi connectivity index (χ1) is 12.5. The second-order valence-corrected chi connectivity index (χ2v) is 6.39. The first-order valence-electron chi connectivity index (χ1n) is 8.76. The minimum absolute atomic E-state index is 0.0577. The lowest BCUT2D eigenvalue weighted by Crippen LogP contribution is -2.38. The van der Waals surface area contributed by atoms with E-state index in [1.165, 1.54) is 0 Å². The fraction of sp³-hybridized carbons (Fsp3) is 0.333. The Morgan fingerprint density at radius 2 is 1.77 bits per heavy atom. The first-order valence-corrected chi connectivity index (χ1v) is 8.76. The summed E-state index contributed by atoms with van der Waals surface area (Å²) in [7, 11) is 0. The van der Waals surface area contributed by atoms with Crippen molar-refractivity contribution in [2.75, 3.05) is 19.7 Å². The van der Waals surface area contributed by atoms with Crippen molar-refractivity contribution in [1.82, 2.24) is 4.90 Å². The Kier molecular flexibility index (Phi) is 7.21. The van der Waals surface area contributed by atoms with E-state index < -0.39 is 5.91 Å². The van der Waals surface area contributed by atoms with Gasteiger partial charge in [-0.05, 0) is 43.0 Å². The van der Waals surface area contributed by atoms with E-state index in [0.29, 0.717) is 18.8 Å². The number of ether oxygens (including phenoxy) is 1. The zero-order valence-corrected chi connectivity index (χ0v) is 15.4. The molecular weight excluding hydrogens is 328 g/mol. The molecule has 0 unspecified atom stereocenters. The average molecular weight is 354 g/mol. The van der Waals surface area contributed by atoms with E-state index in [0.717, 1.165) is 23.1 Å². The predicted octanol–water partition coefficient (Wildman–Crippen LogP) is 2.63. The van der Waals surface area contributed by atoms with Crippen molar-refractivity contribution in [1.29, 1.82) is 0 Å². The van der Waals surface area contributed by atoms with Crippen LogP contribution in [0.25, 0.3) is 0 Å². The molecule has 5 nitrogen and oxygen atoms in total. The fourth-order valence-electron chi connectivity index (χ4n) is 2.61. The molecular formula is C21H26N2O3. The molecule has 138 valence electrons. The summed E-state index contributed by atoms with van der Waals surface area (Å²) in [6, 6.07) is 15.8. The molecule has 2 N–H and O–H groups in total. The van der Waals surface area contributed by atoms with Gasteiger partial charge in [-0.1, -0.05) is 42.5 Å². The van der Waals surface area contributed by atoms with Crippen LogP contribution >= 0.6 is 0 Å². The average Bonchev–Trinajstić information content (AvgIpc) is 2.63. The van der Waals surface area contributed by atoms with Crippen molar-refractivity contribution in [3.05, 3.63) is 65.2 Å². The maximum Gasteiger partial charge on any atom is 0.260 e. The molecule has 0 aromatic heterocycles. The minimum Gasteiger partial charge on any atom is -0.483 e. The van der Waals surface area contributed by atoms with Crippen LogP contribution in [0.5, 0.6) is 5.75 Å². The Morgan fingerprint density at radius 3 is 2.46 bits per heavy atom. The van der Waals surface area contributed by atoms with Crippen LogP contribution in [0, 0.1) is 13.8 Å². The molecule has 2 aromatic rings. The summed E-state index contributed by atoms with van der Waals surface area (Å²) in [5.41, 5.74) is 8.44. The topological polar surface area (TPSA) is 72.6 Å². The van der Waals surface area contributed by atoms with Gasteiger partial charge in [0.1, 0.15) is 5.75 Å². The molecule has 0 heterocycles. The number of hydrogen-bond acceptors (Lipinski definition) is 3. The van der Waals surface area contributed by atoms with Crippen LogP contribution in [-0.4, -0.2) is 36.4 Å². The molecule has 2 rings (SSSR count). The van der Waals surface area contributed by atoms with Gasteiger partial charge in [0, 0.05) is 19.5 Å². The summed E-state index contributed by atoms with van der Waals surface area (Å²) < 4.78 is 5.71. The van der Waals surface area contributed by atoms with E-state index in [-0.39, 0.29) is 18.9 Å². The van der Waals surface area contributed by atoms with Gasteiger partial charge in [0.15, 0.2) is 6.61 Å². The van der Waals surface area contributed by atoms with E-state index in [4.69, 9.17) is 10.5 Å². The molecule has 0 atom stereocenters. The molecule has 0 fully saturated rings. The van der Waals surface area contributed by atoms with Gasteiger partial charge in [0.2, 0.25) is 5.91 Å². The standard InChI is InChI=1S/C21H26N2O3/c1-16-8-9-17(2)19(14-16)26-15-21(25)23(13-11-20(22)24)12-10-18-6-4-3-5-7-18/h3-9,14H,10-13,15H2,1-2H3,(H2,22,24). The lowest BCUT2D eigenvalue weighted by Gasteiger charge is -2.22. The number of hydrogen-bond donors (Lipinski definition) is 1. The van der Waals surface area contributed by atoms with Gasteiger partial charge in [-0.2, -0.15) is 0 Å². The highest BCUT2D eigenvalue weighted by Gasteiger charge is 2.15. The molecule has 0 aliphatic heterocycles. The zero-order valence-electron chi connectivity index (χ0n) is 15.4. The maximum absolute atomic E-state index is 12.6. The number of carbonyl (C=O) groups is 2. The smallest absolute Gasteiger partial charge is 0.260 e. The lowest BCUT2D eigenvalue weighted by molar-refractivity contribution is -0.133. The Bertz CT molecular complexity index is 744. The number of nitrogens with zero attached hydrogens (tertiary/aromatic N) is 1. The maximum atomic E-state index is 12.6. The van der Waals surface area contributed by atoms with Gasteiger partial charge in [-0.15, -0.1) is 0 Å². The largest absolute Gasteiger partial charge is 0.483 e. The molecule has 26 heavy (non-hydrogen) atoms. The third kappa shape index (κ3) is 6.24. The highest BCUT2D eigenvalue weighted by Crippen LogP contribution is 2.19. The number of rotatable bonds is 9. The molecule has 2 aromatic carbocycles. The third-order valence-corrected chi connectivity index (χ3v) is 4.19. The van der Waals surface area contributed by atoms with Crippen molar-refractivity contribution in [3.8, 4) is 5.75 Å². The van der Waals surface area contributed by atoms with Crippen LogP contribution < -0.4 is 10.5 Å². The van der Waals surface area contributed by atoms with Gasteiger partial charge >= 0.3 is 0 Å². The van der Waals surface area contributed by atoms with Gasteiger partial charge < -0.3 is 15.4 Å². The van der Waals surface area contributed by atoms with Crippen LogP contribution in [0.1, 0.15) is 23.1 Å².